The Hall–Kier alpha value is -0.120. The van der Waals surface area contributed by atoms with Crippen LogP contribution in [0.25, 0.3) is 0 Å². The Morgan fingerprint density at radius 2 is 2.08 bits per heavy atom. The van der Waals surface area contributed by atoms with Gasteiger partial charge in [0.1, 0.15) is 0 Å². The molecular weight excluding hydrogens is 166 g/mol. The number of hydrogen-bond acceptors (Lipinski definition) is 3. The second-order valence-corrected chi connectivity index (χ2v) is 4.07. The van der Waals surface area contributed by atoms with E-state index in [9.17, 15) is 0 Å². The van der Waals surface area contributed by atoms with Crippen LogP contribution in [0.15, 0.2) is 0 Å². The third kappa shape index (κ3) is 4.07. The van der Waals surface area contributed by atoms with E-state index in [4.69, 9.17) is 9.57 Å². The third-order valence-electron chi connectivity index (χ3n) is 2.16. The molecule has 0 bridgehead atoms. The third-order valence-corrected chi connectivity index (χ3v) is 2.16. The molecule has 0 aliphatic heterocycles. The molecule has 0 aromatic rings. The van der Waals surface area contributed by atoms with E-state index in [0.717, 1.165) is 26.1 Å². The first-order chi connectivity index (χ1) is 6.22. The van der Waals surface area contributed by atoms with Gasteiger partial charge in [0.05, 0.1) is 12.7 Å². The fourth-order valence-electron chi connectivity index (χ4n) is 1.37. The summed E-state index contributed by atoms with van der Waals surface area (Å²) in [6, 6.07) is 0.510. The van der Waals surface area contributed by atoms with Gasteiger partial charge in [-0.3, -0.25) is 0 Å². The van der Waals surface area contributed by atoms with Gasteiger partial charge in [-0.2, -0.15) is 5.48 Å². The first-order valence-electron chi connectivity index (χ1n) is 5.21. The zero-order valence-corrected chi connectivity index (χ0v) is 8.88. The average Bonchev–Trinajstić information content (AvgIpc) is 1.99. The molecule has 3 nitrogen and oxygen atoms in total. The summed E-state index contributed by atoms with van der Waals surface area (Å²) in [7, 11) is 0. The first-order valence-corrected chi connectivity index (χ1v) is 5.21. The first kappa shape index (κ1) is 11.0. The second-order valence-electron chi connectivity index (χ2n) is 4.07. The number of hydrogen-bond donors (Lipinski definition) is 1. The van der Waals surface area contributed by atoms with Crippen molar-refractivity contribution >= 4 is 0 Å². The van der Waals surface area contributed by atoms with Gasteiger partial charge in [0, 0.05) is 12.6 Å². The van der Waals surface area contributed by atoms with Crippen molar-refractivity contribution in [2.45, 2.75) is 45.8 Å². The summed E-state index contributed by atoms with van der Waals surface area (Å²) in [6.07, 6.45) is 2.64. The Morgan fingerprint density at radius 1 is 1.38 bits per heavy atom. The van der Waals surface area contributed by atoms with Gasteiger partial charge in [0.15, 0.2) is 0 Å². The molecule has 1 saturated carbocycles. The molecule has 0 aromatic carbocycles. The molecule has 1 aliphatic carbocycles. The van der Waals surface area contributed by atoms with Gasteiger partial charge in [-0.15, -0.1) is 0 Å². The van der Waals surface area contributed by atoms with Crippen LogP contribution in [-0.4, -0.2) is 25.4 Å². The lowest BCUT2D eigenvalue weighted by Gasteiger charge is -2.35. The number of rotatable bonds is 6. The Balaban J connectivity index is 1.90. The second kappa shape index (κ2) is 5.58. The molecule has 3 heteroatoms. The van der Waals surface area contributed by atoms with Crippen molar-refractivity contribution in [1.82, 2.24) is 5.48 Å². The van der Waals surface area contributed by atoms with Crippen molar-refractivity contribution in [3.63, 3.8) is 0 Å². The van der Waals surface area contributed by atoms with Crippen molar-refractivity contribution in [1.29, 1.82) is 0 Å². The van der Waals surface area contributed by atoms with Gasteiger partial charge in [-0.05, 0) is 25.7 Å². The molecule has 78 valence electrons. The summed E-state index contributed by atoms with van der Waals surface area (Å²) < 4.78 is 5.44. The summed E-state index contributed by atoms with van der Waals surface area (Å²) in [5.74, 6) is 0.593. The smallest absolute Gasteiger partial charge is 0.0705 e. The molecule has 0 unspecified atom stereocenters. The highest BCUT2D eigenvalue weighted by molar-refractivity contribution is 4.83. The minimum atomic E-state index is 0.463. The van der Waals surface area contributed by atoms with Crippen LogP contribution in [0.3, 0.4) is 0 Å². The van der Waals surface area contributed by atoms with Crippen molar-refractivity contribution in [2.24, 2.45) is 5.92 Å². The summed E-state index contributed by atoms with van der Waals surface area (Å²) in [5.41, 5.74) is 3.06. The molecule has 1 rings (SSSR count). The van der Waals surface area contributed by atoms with E-state index >= 15 is 0 Å². The molecule has 0 aromatic heterocycles. The summed E-state index contributed by atoms with van der Waals surface area (Å²) in [6.45, 7) is 7.94. The lowest BCUT2D eigenvalue weighted by molar-refractivity contribution is -0.0747. The van der Waals surface area contributed by atoms with E-state index in [1.807, 2.05) is 6.92 Å². The highest BCUT2D eigenvalue weighted by Crippen LogP contribution is 2.22. The van der Waals surface area contributed by atoms with E-state index in [1.165, 1.54) is 0 Å². The molecule has 1 aliphatic rings. The predicted octanol–water partition coefficient (Wildman–Crippen LogP) is 1.73. The Bertz CT molecular complexity index is 133. The van der Waals surface area contributed by atoms with Crippen molar-refractivity contribution < 1.29 is 9.57 Å². The van der Waals surface area contributed by atoms with Crippen molar-refractivity contribution in [2.75, 3.05) is 13.2 Å². The Morgan fingerprint density at radius 3 is 2.62 bits per heavy atom. The SMILES string of the molecule is CCOC1CC(NOCC(C)C)C1. The van der Waals surface area contributed by atoms with Crippen LogP contribution < -0.4 is 5.48 Å². The number of nitrogens with one attached hydrogen (secondary N) is 1. The van der Waals surface area contributed by atoms with Crippen LogP contribution >= 0.6 is 0 Å². The lowest BCUT2D eigenvalue weighted by Crippen LogP contribution is -2.45. The molecule has 0 atom stereocenters. The van der Waals surface area contributed by atoms with Gasteiger partial charge in [-0.1, -0.05) is 13.8 Å². The zero-order chi connectivity index (χ0) is 9.68. The quantitative estimate of drug-likeness (QED) is 0.642. The standard InChI is InChI=1S/C10H21NO2/c1-4-12-10-5-9(6-10)11-13-7-8(2)3/h8-11H,4-7H2,1-3H3. The van der Waals surface area contributed by atoms with E-state index < -0.39 is 0 Å². The largest absolute Gasteiger partial charge is 0.378 e. The molecule has 0 saturated heterocycles. The lowest BCUT2D eigenvalue weighted by atomic mass is 9.90. The molecular formula is C10H21NO2. The maximum atomic E-state index is 5.44. The van der Waals surface area contributed by atoms with Crippen LogP contribution in [0.5, 0.6) is 0 Å². The normalized spacial score (nSPS) is 27.7. The zero-order valence-electron chi connectivity index (χ0n) is 8.88. The summed E-state index contributed by atoms with van der Waals surface area (Å²) >= 11 is 0. The topological polar surface area (TPSA) is 30.5 Å². The monoisotopic (exact) mass is 187 g/mol. The highest BCUT2D eigenvalue weighted by atomic mass is 16.6. The van der Waals surface area contributed by atoms with Crippen molar-refractivity contribution in [3.05, 3.63) is 0 Å². The van der Waals surface area contributed by atoms with Crippen LogP contribution in [-0.2, 0) is 9.57 Å². The molecule has 0 spiro atoms. The van der Waals surface area contributed by atoms with E-state index in [1.54, 1.807) is 0 Å². The molecule has 1 fully saturated rings. The highest BCUT2D eigenvalue weighted by Gasteiger charge is 2.29. The molecule has 0 heterocycles. The van der Waals surface area contributed by atoms with Gasteiger partial charge in [-0.25, -0.2) is 0 Å². The van der Waals surface area contributed by atoms with Crippen LogP contribution in [0.2, 0.25) is 0 Å². The van der Waals surface area contributed by atoms with Gasteiger partial charge in [0.25, 0.3) is 0 Å². The van der Waals surface area contributed by atoms with E-state index in [0.29, 0.717) is 18.1 Å². The number of hydroxylamine groups is 1. The minimum absolute atomic E-state index is 0.463. The average molecular weight is 187 g/mol. The van der Waals surface area contributed by atoms with E-state index in [2.05, 4.69) is 19.3 Å². The minimum Gasteiger partial charge on any atom is -0.378 e. The number of ether oxygens (including phenoxy) is 1. The molecule has 1 N–H and O–H groups in total. The summed E-state index contributed by atoms with van der Waals surface area (Å²) in [5, 5.41) is 0. The van der Waals surface area contributed by atoms with Gasteiger partial charge >= 0.3 is 0 Å². The predicted molar refractivity (Wildman–Crippen MR) is 52.4 cm³/mol. The molecule has 13 heavy (non-hydrogen) atoms. The van der Waals surface area contributed by atoms with Crippen molar-refractivity contribution in [3.8, 4) is 0 Å². The summed E-state index contributed by atoms with van der Waals surface area (Å²) in [4.78, 5) is 5.32. The fourth-order valence-corrected chi connectivity index (χ4v) is 1.37. The Kier molecular flexibility index (Phi) is 4.70. The molecule has 0 radical (unpaired) electrons. The van der Waals surface area contributed by atoms with Gasteiger partial charge < -0.3 is 9.57 Å². The Labute approximate surface area is 80.7 Å². The van der Waals surface area contributed by atoms with E-state index in [-0.39, 0.29) is 0 Å². The maximum Gasteiger partial charge on any atom is 0.0705 e. The maximum absolute atomic E-state index is 5.44. The molecule has 0 amide bonds. The van der Waals surface area contributed by atoms with Gasteiger partial charge in [0.2, 0.25) is 0 Å². The van der Waals surface area contributed by atoms with Crippen LogP contribution in [0, 0.1) is 5.92 Å². The fraction of sp³-hybridized carbons (Fsp3) is 1.00. The van der Waals surface area contributed by atoms with Crippen LogP contribution in [0.1, 0.15) is 33.6 Å². The van der Waals surface area contributed by atoms with Crippen LogP contribution in [0.4, 0.5) is 0 Å².